The first-order valence-corrected chi connectivity index (χ1v) is 9.29. The summed E-state index contributed by atoms with van der Waals surface area (Å²) in [5.74, 6) is -0.764. The number of aromatic amines is 1. The van der Waals surface area contributed by atoms with E-state index in [9.17, 15) is 9.18 Å². The molecule has 0 aliphatic carbocycles. The first kappa shape index (κ1) is 19.3. The van der Waals surface area contributed by atoms with Crippen LogP contribution in [0.5, 0.6) is 0 Å². The van der Waals surface area contributed by atoms with Gasteiger partial charge < -0.3 is 0 Å². The lowest BCUT2D eigenvalue weighted by Crippen LogP contribution is -2.18. The smallest absolute Gasteiger partial charge is 0.272 e. The Labute approximate surface area is 172 Å². The van der Waals surface area contributed by atoms with Crippen LogP contribution in [0.2, 0.25) is 0 Å². The molecule has 0 bridgehead atoms. The first-order chi connectivity index (χ1) is 14.5. The van der Waals surface area contributed by atoms with Crippen LogP contribution in [0.3, 0.4) is 0 Å². The molecule has 0 atom stereocenters. The molecule has 2 N–H and O–H groups in total. The molecule has 2 aromatic carbocycles. The molecule has 0 spiro atoms. The molecule has 0 saturated carbocycles. The third-order valence-electron chi connectivity index (χ3n) is 4.62. The third-order valence-corrected chi connectivity index (χ3v) is 4.62. The number of benzene rings is 2. The second-order valence-corrected chi connectivity index (χ2v) is 6.71. The number of nitrogens with one attached hydrogen (secondary N) is 2. The minimum Gasteiger partial charge on any atom is -0.272 e. The van der Waals surface area contributed by atoms with Gasteiger partial charge in [-0.25, -0.2) is 14.5 Å². The highest BCUT2D eigenvalue weighted by atomic mass is 19.1. The summed E-state index contributed by atoms with van der Waals surface area (Å²) in [5.41, 5.74) is 7.54. The van der Waals surface area contributed by atoms with Gasteiger partial charge in [-0.15, -0.1) is 0 Å². The van der Waals surface area contributed by atoms with E-state index in [1.807, 2.05) is 48.9 Å². The maximum atomic E-state index is 12.9. The first-order valence-electron chi connectivity index (χ1n) is 9.29. The van der Waals surface area contributed by atoms with Crippen LogP contribution in [-0.2, 0) is 0 Å². The van der Waals surface area contributed by atoms with Gasteiger partial charge in [0, 0.05) is 5.56 Å². The number of aryl methyl sites for hydroxylation is 1. The second kappa shape index (κ2) is 8.12. The molecule has 0 radical (unpaired) electrons. The average Bonchev–Trinajstić information content (AvgIpc) is 3.34. The van der Waals surface area contributed by atoms with E-state index in [2.05, 4.69) is 25.8 Å². The zero-order valence-corrected chi connectivity index (χ0v) is 16.4. The molecule has 7 nitrogen and oxygen atoms in total. The molecule has 0 saturated heterocycles. The van der Waals surface area contributed by atoms with Crippen molar-refractivity contribution < 1.29 is 9.18 Å². The molecular weight excluding hydrogens is 383 g/mol. The van der Waals surface area contributed by atoms with Gasteiger partial charge in [0.25, 0.3) is 5.91 Å². The van der Waals surface area contributed by atoms with Crippen LogP contribution in [0.4, 0.5) is 4.39 Å². The molecule has 2 aromatic heterocycles. The molecule has 0 aliphatic heterocycles. The number of rotatable bonds is 5. The van der Waals surface area contributed by atoms with Crippen molar-refractivity contribution >= 4 is 12.1 Å². The fourth-order valence-electron chi connectivity index (χ4n) is 3.17. The quantitative estimate of drug-likeness (QED) is 0.393. The number of H-pyrrole nitrogens is 1. The molecule has 0 unspecified atom stereocenters. The number of amides is 1. The van der Waals surface area contributed by atoms with E-state index < -0.39 is 5.91 Å². The van der Waals surface area contributed by atoms with Gasteiger partial charge in [-0.05, 0) is 49.7 Å². The van der Waals surface area contributed by atoms with Crippen LogP contribution >= 0.6 is 0 Å². The summed E-state index contributed by atoms with van der Waals surface area (Å²) in [6.07, 6.45) is 1.44. The zero-order chi connectivity index (χ0) is 21.1. The molecular formula is C22H19FN6O. The largest absolute Gasteiger partial charge is 0.289 e. The number of aromatic nitrogens is 4. The number of hydrazone groups is 1. The number of carbonyl (C=O) groups excluding carboxylic acids is 1. The van der Waals surface area contributed by atoms with Crippen molar-refractivity contribution in [1.82, 2.24) is 25.4 Å². The Morgan fingerprint density at radius 1 is 1.13 bits per heavy atom. The van der Waals surface area contributed by atoms with Crippen molar-refractivity contribution in [3.8, 4) is 16.9 Å². The summed E-state index contributed by atoms with van der Waals surface area (Å²) < 4.78 is 14.8. The van der Waals surface area contributed by atoms with E-state index >= 15 is 0 Å². The third kappa shape index (κ3) is 3.88. The standard InChI is InChI=1S/C22H19FN6O/c1-14-21(15(2)29(28-14)18-6-4-3-5-7-18)19-12-20(26-25-19)22(30)27-24-13-16-8-10-17(23)11-9-16/h3-13H,1-2H3,(H,25,26)(H,27,30)/b24-13-. The summed E-state index contributed by atoms with van der Waals surface area (Å²) in [7, 11) is 0. The van der Waals surface area contributed by atoms with E-state index in [0.717, 1.165) is 22.6 Å². The lowest BCUT2D eigenvalue weighted by molar-refractivity contribution is 0.0950. The van der Waals surface area contributed by atoms with Crippen molar-refractivity contribution in [1.29, 1.82) is 0 Å². The van der Waals surface area contributed by atoms with Crippen LogP contribution in [0.1, 0.15) is 27.4 Å². The van der Waals surface area contributed by atoms with E-state index in [-0.39, 0.29) is 11.5 Å². The van der Waals surface area contributed by atoms with Gasteiger partial charge in [0.05, 0.1) is 29.0 Å². The normalized spacial score (nSPS) is 11.2. The van der Waals surface area contributed by atoms with Gasteiger partial charge in [-0.3, -0.25) is 9.89 Å². The zero-order valence-electron chi connectivity index (χ0n) is 16.4. The summed E-state index contributed by atoms with van der Waals surface area (Å²) in [6.45, 7) is 3.87. The second-order valence-electron chi connectivity index (χ2n) is 6.71. The van der Waals surface area contributed by atoms with Crippen molar-refractivity contribution in [3.05, 3.63) is 89.1 Å². The van der Waals surface area contributed by atoms with E-state index in [1.165, 1.54) is 18.3 Å². The lowest BCUT2D eigenvalue weighted by Gasteiger charge is -2.04. The highest BCUT2D eigenvalue weighted by Crippen LogP contribution is 2.27. The fourth-order valence-corrected chi connectivity index (χ4v) is 3.17. The van der Waals surface area contributed by atoms with Crippen LogP contribution in [-0.4, -0.2) is 32.1 Å². The van der Waals surface area contributed by atoms with Gasteiger partial charge in [0.15, 0.2) is 0 Å². The minimum atomic E-state index is -0.433. The predicted molar refractivity (Wildman–Crippen MR) is 112 cm³/mol. The van der Waals surface area contributed by atoms with E-state index in [0.29, 0.717) is 11.3 Å². The van der Waals surface area contributed by atoms with E-state index in [1.54, 1.807) is 18.2 Å². The molecule has 4 aromatic rings. The highest BCUT2D eigenvalue weighted by molar-refractivity contribution is 5.94. The van der Waals surface area contributed by atoms with Crippen LogP contribution in [0.15, 0.2) is 65.8 Å². The monoisotopic (exact) mass is 402 g/mol. The Morgan fingerprint density at radius 2 is 1.87 bits per heavy atom. The molecule has 30 heavy (non-hydrogen) atoms. The predicted octanol–water partition coefficient (Wildman–Crippen LogP) is 3.78. The molecule has 0 aliphatic rings. The SMILES string of the molecule is Cc1nn(-c2ccccc2)c(C)c1-c1cc(C(=O)N/N=C\c2ccc(F)cc2)[nH]n1. The summed E-state index contributed by atoms with van der Waals surface area (Å²) >= 11 is 0. The van der Waals surface area contributed by atoms with Crippen LogP contribution < -0.4 is 5.43 Å². The molecule has 0 fully saturated rings. The maximum absolute atomic E-state index is 12.9. The number of hydrogen-bond donors (Lipinski definition) is 2. The molecule has 8 heteroatoms. The van der Waals surface area contributed by atoms with Crippen molar-refractivity contribution in [2.75, 3.05) is 0 Å². The summed E-state index contributed by atoms with van der Waals surface area (Å²) in [6, 6.07) is 17.3. The molecule has 1 amide bonds. The Bertz CT molecular complexity index is 1210. The Kier molecular flexibility index (Phi) is 5.21. The Morgan fingerprint density at radius 3 is 2.60 bits per heavy atom. The maximum Gasteiger partial charge on any atom is 0.289 e. The van der Waals surface area contributed by atoms with Gasteiger partial charge in [0.1, 0.15) is 11.5 Å². The number of carbonyl (C=O) groups is 1. The molecule has 2 heterocycles. The Hall–Kier alpha value is -4.07. The van der Waals surface area contributed by atoms with Crippen LogP contribution in [0.25, 0.3) is 16.9 Å². The van der Waals surface area contributed by atoms with E-state index in [4.69, 9.17) is 0 Å². The minimum absolute atomic E-state index is 0.271. The highest BCUT2D eigenvalue weighted by Gasteiger charge is 2.18. The average molecular weight is 402 g/mol. The number of hydrogen-bond acceptors (Lipinski definition) is 4. The number of halogens is 1. The van der Waals surface area contributed by atoms with Gasteiger partial charge in [0.2, 0.25) is 0 Å². The Balaban J connectivity index is 1.52. The van der Waals surface area contributed by atoms with Gasteiger partial charge in [-0.2, -0.15) is 15.3 Å². The van der Waals surface area contributed by atoms with Crippen molar-refractivity contribution in [2.45, 2.75) is 13.8 Å². The summed E-state index contributed by atoms with van der Waals surface area (Å²) in [4.78, 5) is 12.4. The molecule has 150 valence electrons. The van der Waals surface area contributed by atoms with Crippen molar-refractivity contribution in [2.24, 2.45) is 5.10 Å². The lowest BCUT2D eigenvalue weighted by atomic mass is 10.1. The fraction of sp³-hybridized carbons (Fsp3) is 0.0909. The number of para-hydroxylation sites is 1. The van der Waals surface area contributed by atoms with Crippen LogP contribution in [0, 0.1) is 19.7 Å². The van der Waals surface area contributed by atoms with Crippen molar-refractivity contribution in [3.63, 3.8) is 0 Å². The molecule has 4 rings (SSSR count). The number of nitrogens with zero attached hydrogens (tertiary/aromatic N) is 4. The van der Waals surface area contributed by atoms with Gasteiger partial charge in [-0.1, -0.05) is 30.3 Å². The summed E-state index contributed by atoms with van der Waals surface area (Å²) in [5, 5.41) is 15.5. The topological polar surface area (TPSA) is 88.0 Å². The van der Waals surface area contributed by atoms with Gasteiger partial charge >= 0.3 is 0 Å².